The first-order chi connectivity index (χ1) is 14.2. The standard InChI is InChI=1S/C21H16FN5OS/c22-11-14-6-7-18(24-12-14)27-19-10-16(8-9-23-19)21(28)26-17-13-25-29-20(17)15-4-2-1-3-5-15/h1-10,12-13H,11H2,(H,26,28)(H,23,24,27). The van der Waals surface area contributed by atoms with E-state index in [1.54, 1.807) is 30.5 Å². The van der Waals surface area contributed by atoms with Crippen LogP contribution in [-0.2, 0) is 6.67 Å². The molecular weight excluding hydrogens is 389 g/mol. The fraction of sp³-hybridized carbons (Fsp3) is 0.0476. The molecule has 0 bridgehead atoms. The van der Waals surface area contributed by atoms with Gasteiger partial charge in [-0.1, -0.05) is 36.4 Å². The highest BCUT2D eigenvalue weighted by Crippen LogP contribution is 2.31. The summed E-state index contributed by atoms with van der Waals surface area (Å²) < 4.78 is 16.8. The number of nitrogens with zero attached hydrogens (tertiary/aromatic N) is 3. The second-order valence-electron chi connectivity index (χ2n) is 6.13. The molecule has 144 valence electrons. The van der Waals surface area contributed by atoms with Crippen LogP contribution >= 0.6 is 11.5 Å². The fourth-order valence-electron chi connectivity index (χ4n) is 2.67. The Hall–Kier alpha value is -3.65. The molecule has 3 aromatic heterocycles. The van der Waals surface area contributed by atoms with Gasteiger partial charge in [0.15, 0.2) is 0 Å². The number of carbonyl (C=O) groups is 1. The molecule has 29 heavy (non-hydrogen) atoms. The van der Waals surface area contributed by atoms with Crippen LogP contribution in [0.1, 0.15) is 15.9 Å². The average molecular weight is 405 g/mol. The minimum absolute atomic E-state index is 0.270. The molecule has 4 aromatic rings. The number of aromatic nitrogens is 3. The molecule has 0 atom stereocenters. The molecule has 3 heterocycles. The summed E-state index contributed by atoms with van der Waals surface area (Å²) in [6.07, 6.45) is 4.63. The Morgan fingerprint density at radius 3 is 2.62 bits per heavy atom. The SMILES string of the molecule is O=C(Nc1cnsc1-c1ccccc1)c1ccnc(Nc2ccc(CF)cn2)c1. The number of benzene rings is 1. The van der Waals surface area contributed by atoms with Crippen LogP contribution in [0.25, 0.3) is 10.4 Å². The van der Waals surface area contributed by atoms with Crippen molar-refractivity contribution in [1.82, 2.24) is 14.3 Å². The molecule has 0 unspecified atom stereocenters. The molecule has 0 aliphatic carbocycles. The van der Waals surface area contributed by atoms with Crippen LogP contribution in [0.3, 0.4) is 0 Å². The van der Waals surface area contributed by atoms with E-state index in [0.717, 1.165) is 10.4 Å². The van der Waals surface area contributed by atoms with Gasteiger partial charge in [0, 0.05) is 23.5 Å². The summed E-state index contributed by atoms with van der Waals surface area (Å²) in [7, 11) is 0. The van der Waals surface area contributed by atoms with Gasteiger partial charge in [0.2, 0.25) is 0 Å². The number of carbonyl (C=O) groups excluding carboxylic acids is 1. The van der Waals surface area contributed by atoms with Crippen LogP contribution in [0.2, 0.25) is 0 Å². The number of amides is 1. The van der Waals surface area contributed by atoms with Crippen LogP contribution in [0, 0.1) is 0 Å². The highest BCUT2D eigenvalue weighted by Gasteiger charge is 2.13. The number of alkyl halides is 1. The zero-order valence-electron chi connectivity index (χ0n) is 15.2. The smallest absolute Gasteiger partial charge is 0.255 e. The van der Waals surface area contributed by atoms with Gasteiger partial charge >= 0.3 is 0 Å². The quantitative estimate of drug-likeness (QED) is 0.468. The third kappa shape index (κ3) is 4.44. The van der Waals surface area contributed by atoms with E-state index in [0.29, 0.717) is 28.5 Å². The van der Waals surface area contributed by atoms with Gasteiger partial charge in [-0.2, -0.15) is 4.37 Å². The average Bonchev–Trinajstić information content (AvgIpc) is 3.23. The third-order valence-corrected chi connectivity index (χ3v) is 4.96. The molecule has 0 aliphatic heterocycles. The molecule has 0 saturated carbocycles. The van der Waals surface area contributed by atoms with Gasteiger partial charge in [0.05, 0.1) is 16.8 Å². The molecule has 4 rings (SSSR count). The first-order valence-electron chi connectivity index (χ1n) is 8.78. The predicted molar refractivity (Wildman–Crippen MR) is 112 cm³/mol. The number of pyridine rings is 2. The number of rotatable bonds is 6. The van der Waals surface area contributed by atoms with E-state index in [2.05, 4.69) is 25.0 Å². The number of nitrogens with one attached hydrogen (secondary N) is 2. The van der Waals surface area contributed by atoms with Gasteiger partial charge in [-0.3, -0.25) is 4.79 Å². The van der Waals surface area contributed by atoms with Crippen molar-refractivity contribution in [1.29, 1.82) is 0 Å². The second-order valence-corrected chi connectivity index (χ2v) is 6.93. The third-order valence-electron chi connectivity index (χ3n) is 4.11. The van der Waals surface area contributed by atoms with Crippen molar-refractivity contribution in [2.24, 2.45) is 0 Å². The molecular formula is C21H16FN5OS. The summed E-state index contributed by atoms with van der Waals surface area (Å²) >= 11 is 1.32. The summed E-state index contributed by atoms with van der Waals surface area (Å²) in [5.74, 6) is 0.707. The Bertz CT molecular complexity index is 1120. The Morgan fingerprint density at radius 2 is 1.86 bits per heavy atom. The highest BCUT2D eigenvalue weighted by atomic mass is 32.1. The van der Waals surface area contributed by atoms with Crippen LogP contribution in [-0.4, -0.2) is 20.2 Å². The largest absolute Gasteiger partial charge is 0.325 e. The molecule has 0 saturated heterocycles. The lowest BCUT2D eigenvalue weighted by Gasteiger charge is -2.08. The zero-order valence-corrected chi connectivity index (χ0v) is 16.0. The molecule has 0 aliphatic rings. The van der Waals surface area contributed by atoms with E-state index in [1.807, 2.05) is 30.3 Å². The normalized spacial score (nSPS) is 10.5. The fourth-order valence-corrected chi connectivity index (χ4v) is 3.38. The first-order valence-corrected chi connectivity index (χ1v) is 9.55. The topological polar surface area (TPSA) is 79.8 Å². The lowest BCUT2D eigenvalue weighted by Crippen LogP contribution is -2.12. The van der Waals surface area contributed by atoms with E-state index in [9.17, 15) is 9.18 Å². The molecule has 0 radical (unpaired) electrons. The van der Waals surface area contributed by atoms with Gasteiger partial charge in [-0.15, -0.1) is 0 Å². The molecule has 0 fully saturated rings. The number of hydrogen-bond acceptors (Lipinski definition) is 6. The molecule has 1 amide bonds. The Balaban J connectivity index is 1.50. The van der Waals surface area contributed by atoms with Crippen LogP contribution in [0.4, 0.5) is 21.7 Å². The van der Waals surface area contributed by atoms with Gasteiger partial charge in [0.25, 0.3) is 5.91 Å². The molecule has 8 heteroatoms. The molecule has 6 nitrogen and oxygen atoms in total. The predicted octanol–water partition coefficient (Wildman–Crippen LogP) is 5.07. The van der Waals surface area contributed by atoms with E-state index in [-0.39, 0.29) is 5.91 Å². The minimum atomic E-state index is -0.566. The van der Waals surface area contributed by atoms with Gasteiger partial charge in [-0.25, -0.2) is 14.4 Å². The summed E-state index contributed by atoms with van der Waals surface area (Å²) in [6, 6.07) is 16.3. The first kappa shape index (κ1) is 18.7. The van der Waals surface area contributed by atoms with E-state index < -0.39 is 6.67 Å². The summed E-state index contributed by atoms with van der Waals surface area (Å²) in [6.45, 7) is -0.566. The van der Waals surface area contributed by atoms with Crippen molar-refractivity contribution in [3.63, 3.8) is 0 Å². The van der Waals surface area contributed by atoms with E-state index in [1.165, 1.54) is 23.9 Å². The van der Waals surface area contributed by atoms with Crippen LogP contribution in [0.15, 0.2) is 73.2 Å². The summed E-state index contributed by atoms with van der Waals surface area (Å²) in [4.78, 5) is 22.0. The number of halogens is 1. The number of anilines is 3. The maximum atomic E-state index is 12.7. The van der Waals surface area contributed by atoms with Crippen LogP contribution < -0.4 is 10.6 Å². The van der Waals surface area contributed by atoms with E-state index >= 15 is 0 Å². The molecule has 0 spiro atoms. The van der Waals surface area contributed by atoms with Crippen LogP contribution in [0.5, 0.6) is 0 Å². The lowest BCUT2D eigenvalue weighted by molar-refractivity contribution is 0.102. The maximum Gasteiger partial charge on any atom is 0.255 e. The van der Waals surface area contributed by atoms with Gasteiger partial charge in [0.1, 0.15) is 18.3 Å². The molecule has 1 aromatic carbocycles. The monoisotopic (exact) mass is 405 g/mol. The summed E-state index contributed by atoms with van der Waals surface area (Å²) in [5.41, 5.74) is 2.58. The van der Waals surface area contributed by atoms with Crippen molar-refractivity contribution < 1.29 is 9.18 Å². The Labute approximate surface area is 170 Å². The number of hydrogen-bond donors (Lipinski definition) is 2. The summed E-state index contributed by atoms with van der Waals surface area (Å²) in [5, 5.41) is 5.92. The van der Waals surface area contributed by atoms with Crippen molar-refractivity contribution >= 4 is 34.8 Å². The van der Waals surface area contributed by atoms with Crippen molar-refractivity contribution in [2.45, 2.75) is 6.67 Å². The Morgan fingerprint density at radius 1 is 1.00 bits per heavy atom. The molecule has 2 N–H and O–H groups in total. The second kappa shape index (κ2) is 8.57. The maximum absolute atomic E-state index is 12.7. The van der Waals surface area contributed by atoms with Crippen molar-refractivity contribution in [2.75, 3.05) is 10.6 Å². The van der Waals surface area contributed by atoms with Crippen molar-refractivity contribution in [3.05, 3.63) is 84.3 Å². The minimum Gasteiger partial charge on any atom is -0.325 e. The van der Waals surface area contributed by atoms with Gasteiger partial charge in [-0.05, 0) is 35.3 Å². The zero-order chi connectivity index (χ0) is 20.1. The highest BCUT2D eigenvalue weighted by molar-refractivity contribution is 7.10. The van der Waals surface area contributed by atoms with E-state index in [4.69, 9.17) is 0 Å². The van der Waals surface area contributed by atoms with Gasteiger partial charge < -0.3 is 10.6 Å². The lowest BCUT2D eigenvalue weighted by atomic mass is 10.1. The van der Waals surface area contributed by atoms with Crippen molar-refractivity contribution in [3.8, 4) is 10.4 Å². The Kier molecular flexibility index (Phi) is 5.53.